The molecule has 0 saturated carbocycles. The number of amides is 1. The first-order valence-corrected chi connectivity index (χ1v) is 9.76. The second-order valence-corrected chi connectivity index (χ2v) is 7.13. The molecule has 1 N–H and O–H groups in total. The van der Waals surface area contributed by atoms with E-state index in [-0.39, 0.29) is 11.9 Å². The number of ether oxygens (including phenoxy) is 1. The zero-order valence-corrected chi connectivity index (χ0v) is 16.4. The van der Waals surface area contributed by atoms with E-state index >= 15 is 0 Å². The molecule has 8 nitrogen and oxygen atoms in total. The van der Waals surface area contributed by atoms with Crippen LogP contribution in [0.4, 0.5) is 5.69 Å². The van der Waals surface area contributed by atoms with Crippen molar-refractivity contribution in [2.75, 3.05) is 11.9 Å². The minimum Gasteiger partial charge on any atom is -0.439 e. The number of carbonyl (C=O) groups is 1. The highest BCUT2D eigenvalue weighted by atomic mass is 16.5. The van der Waals surface area contributed by atoms with Crippen LogP contribution in [0.2, 0.25) is 0 Å². The van der Waals surface area contributed by atoms with E-state index in [4.69, 9.17) is 4.74 Å². The van der Waals surface area contributed by atoms with Gasteiger partial charge in [-0.15, -0.1) is 10.2 Å². The van der Waals surface area contributed by atoms with E-state index in [9.17, 15) is 4.79 Å². The van der Waals surface area contributed by atoms with E-state index in [2.05, 4.69) is 25.4 Å². The number of pyridine rings is 1. The van der Waals surface area contributed by atoms with E-state index in [0.717, 1.165) is 37.4 Å². The molecule has 0 spiro atoms. The van der Waals surface area contributed by atoms with Crippen LogP contribution in [0.1, 0.15) is 25.1 Å². The normalized spacial score (nSPS) is 17.1. The van der Waals surface area contributed by atoms with Crippen molar-refractivity contribution in [1.82, 2.24) is 24.6 Å². The van der Waals surface area contributed by atoms with Gasteiger partial charge in [0.05, 0.1) is 24.5 Å². The molecule has 0 radical (unpaired) electrons. The van der Waals surface area contributed by atoms with Crippen molar-refractivity contribution in [3.05, 3.63) is 60.8 Å². The van der Waals surface area contributed by atoms with Gasteiger partial charge in [0.15, 0.2) is 0 Å². The number of piperidine rings is 1. The summed E-state index contributed by atoms with van der Waals surface area (Å²) in [5, 5.41) is 11.1. The van der Waals surface area contributed by atoms with Gasteiger partial charge in [-0.1, -0.05) is 24.6 Å². The molecule has 3 heterocycles. The molecule has 0 bridgehead atoms. The van der Waals surface area contributed by atoms with Crippen molar-refractivity contribution in [3.8, 4) is 11.6 Å². The van der Waals surface area contributed by atoms with Crippen LogP contribution in [-0.2, 0) is 18.4 Å². The first-order chi connectivity index (χ1) is 14.2. The summed E-state index contributed by atoms with van der Waals surface area (Å²) in [6, 6.07) is 12.8. The Morgan fingerprint density at radius 3 is 2.79 bits per heavy atom. The third kappa shape index (κ3) is 4.78. The number of anilines is 1. The van der Waals surface area contributed by atoms with Gasteiger partial charge in [0.1, 0.15) is 17.9 Å². The summed E-state index contributed by atoms with van der Waals surface area (Å²) in [5.41, 5.74) is 0.652. The molecular formula is C21H24N6O2. The van der Waals surface area contributed by atoms with Gasteiger partial charge in [-0.3, -0.25) is 9.69 Å². The van der Waals surface area contributed by atoms with Crippen LogP contribution in [0.3, 0.4) is 0 Å². The van der Waals surface area contributed by atoms with Gasteiger partial charge in [-0.25, -0.2) is 4.98 Å². The number of nitrogens with one attached hydrogen (secondary N) is 1. The van der Waals surface area contributed by atoms with Crippen LogP contribution in [0.15, 0.2) is 55.0 Å². The van der Waals surface area contributed by atoms with Gasteiger partial charge in [-0.2, -0.15) is 0 Å². The molecule has 0 aliphatic carbocycles. The summed E-state index contributed by atoms with van der Waals surface area (Å²) < 4.78 is 7.58. The van der Waals surface area contributed by atoms with Crippen LogP contribution in [-0.4, -0.2) is 43.1 Å². The van der Waals surface area contributed by atoms with Crippen molar-refractivity contribution >= 4 is 11.6 Å². The van der Waals surface area contributed by atoms with Gasteiger partial charge in [0.25, 0.3) is 0 Å². The number of aromatic nitrogens is 4. The van der Waals surface area contributed by atoms with Crippen LogP contribution in [0.25, 0.3) is 0 Å². The largest absolute Gasteiger partial charge is 0.439 e. The highest BCUT2D eigenvalue weighted by molar-refractivity contribution is 5.94. The van der Waals surface area contributed by atoms with Crippen molar-refractivity contribution in [2.45, 2.75) is 31.8 Å². The van der Waals surface area contributed by atoms with Crippen LogP contribution < -0.4 is 10.1 Å². The molecule has 1 aromatic carbocycles. The second-order valence-electron chi connectivity index (χ2n) is 7.13. The lowest BCUT2D eigenvalue weighted by molar-refractivity contribution is -0.122. The van der Waals surface area contributed by atoms with Crippen LogP contribution >= 0.6 is 0 Å². The van der Waals surface area contributed by atoms with E-state index in [1.54, 1.807) is 24.7 Å². The topological polar surface area (TPSA) is 85.2 Å². The summed E-state index contributed by atoms with van der Waals surface area (Å²) in [6.07, 6.45) is 6.24. The van der Waals surface area contributed by atoms with E-state index in [1.807, 2.05) is 41.9 Å². The Kier molecular flexibility index (Phi) is 5.81. The summed E-state index contributed by atoms with van der Waals surface area (Å²) in [6.45, 7) is 1.48. The molecule has 4 rings (SSSR count). The number of carbonyl (C=O) groups excluding carboxylic acids is 1. The lowest BCUT2D eigenvalue weighted by atomic mass is 10.0. The van der Waals surface area contributed by atoms with Crippen molar-refractivity contribution < 1.29 is 9.53 Å². The molecule has 1 atom stereocenters. The lowest BCUT2D eigenvalue weighted by Crippen LogP contribution is -2.46. The predicted octanol–water partition coefficient (Wildman–Crippen LogP) is 3.00. The van der Waals surface area contributed by atoms with E-state index < -0.39 is 0 Å². The quantitative estimate of drug-likeness (QED) is 0.694. The maximum Gasteiger partial charge on any atom is 0.241 e. The third-order valence-electron chi connectivity index (χ3n) is 5.04. The van der Waals surface area contributed by atoms with Gasteiger partial charge in [0, 0.05) is 13.1 Å². The minimum absolute atomic E-state index is 0.0228. The molecule has 1 saturated heterocycles. The summed E-state index contributed by atoms with van der Waals surface area (Å²) in [4.78, 5) is 19.4. The Morgan fingerprint density at radius 1 is 1.21 bits per heavy atom. The standard InChI is InChI=1S/C21H24N6O2/c1-26-15-23-25-19(26)14-27-12-6-5-9-18(27)21(28)24-16-10-11-20(22-13-16)29-17-7-3-2-4-8-17/h2-4,7-8,10-11,13,15,18H,5-6,9,12,14H2,1H3,(H,24,28). The average molecular weight is 392 g/mol. The highest BCUT2D eigenvalue weighted by Gasteiger charge is 2.29. The number of likely N-dealkylation sites (tertiary alicyclic amines) is 1. The molecule has 8 heteroatoms. The molecular weight excluding hydrogens is 368 g/mol. The van der Waals surface area contributed by atoms with E-state index in [0.29, 0.717) is 18.1 Å². The number of aryl methyl sites for hydroxylation is 1. The van der Waals surface area contributed by atoms with Crippen molar-refractivity contribution in [3.63, 3.8) is 0 Å². The SMILES string of the molecule is Cn1cnnc1CN1CCCCC1C(=O)Nc1ccc(Oc2ccccc2)nc1. The third-order valence-corrected chi connectivity index (χ3v) is 5.04. The molecule has 3 aromatic rings. The van der Waals surface area contributed by atoms with E-state index in [1.165, 1.54) is 0 Å². The summed E-state index contributed by atoms with van der Waals surface area (Å²) in [7, 11) is 1.92. The Hall–Kier alpha value is -3.26. The number of rotatable bonds is 6. The number of para-hydroxylation sites is 1. The number of hydrogen-bond donors (Lipinski definition) is 1. The molecule has 29 heavy (non-hydrogen) atoms. The van der Waals surface area contributed by atoms with Gasteiger partial charge >= 0.3 is 0 Å². The Morgan fingerprint density at radius 2 is 2.07 bits per heavy atom. The molecule has 1 fully saturated rings. The van der Waals surface area contributed by atoms with Crippen LogP contribution in [0, 0.1) is 0 Å². The molecule has 1 amide bonds. The van der Waals surface area contributed by atoms with Gasteiger partial charge < -0.3 is 14.6 Å². The fraction of sp³-hybridized carbons (Fsp3) is 0.333. The van der Waals surface area contributed by atoms with Gasteiger partial charge in [0.2, 0.25) is 11.8 Å². The minimum atomic E-state index is -0.194. The first-order valence-electron chi connectivity index (χ1n) is 9.76. The second kappa shape index (κ2) is 8.83. The average Bonchev–Trinajstić information content (AvgIpc) is 3.15. The monoisotopic (exact) mass is 392 g/mol. The number of benzene rings is 1. The predicted molar refractivity (Wildman–Crippen MR) is 108 cm³/mol. The molecule has 150 valence electrons. The van der Waals surface area contributed by atoms with Crippen molar-refractivity contribution in [1.29, 1.82) is 0 Å². The lowest BCUT2D eigenvalue weighted by Gasteiger charge is -2.34. The summed E-state index contributed by atoms with van der Waals surface area (Å²) >= 11 is 0. The molecule has 1 unspecified atom stereocenters. The smallest absolute Gasteiger partial charge is 0.241 e. The maximum absolute atomic E-state index is 12.9. The van der Waals surface area contributed by atoms with Crippen LogP contribution in [0.5, 0.6) is 11.6 Å². The molecule has 2 aromatic heterocycles. The van der Waals surface area contributed by atoms with Gasteiger partial charge in [-0.05, 0) is 37.6 Å². The zero-order chi connectivity index (χ0) is 20.1. The highest BCUT2D eigenvalue weighted by Crippen LogP contribution is 2.22. The number of nitrogens with zero attached hydrogens (tertiary/aromatic N) is 5. The fourth-order valence-corrected chi connectivity index (χ4v) is 3.46. The Balaban J connectivity index is 1.38. The molecule has 1 aliphatic heterocycles. The zero-order valence-electron chi connectivity index (χ0n) is 16.4. The first kappa shape index (κ1) is 19.1. The maximum atomic E-state index is 12.9. The molecule has 1 aliphatic rings. The Labute approximate surface area is 169 Å². The Bertz CT molecular complexity index is 941. The van der Waals surface area contributed by atoms with Crippen molar-refractivity contribution in [2.24, 2.45) is 7.05 Å². The summed E-state index contributed by atoms with van der Waals surface area (Å²) in [5.74, 6) is 2.04. The fourth-order valence-electron chi connectivity index (χ4n) is 3.46. The number of hydrogen-bond acceptors (Lipinski definition) is 6.